The first-order valence-corrected chi connectivity index (χ1v) is 9.49. The molecule has 0 saturated carbocycles. The summed E-state index contributed by atoms with van der Waals surface area (Å²) in [5, 5.41) is 4.64. The number of para-hydroxylation sites is 1. The number of Topliss-reactive ketones (excluding diaryl/α,β-unsaturated/α-hetero) is 1. The number of ether oxygens (including phenoxy) is 2. The molecule has 2 aromatic heterocycles. The Kier molecular flexibility index (Phi) is 4.48. The molecule has 3 heterocycles. The maximum Gasteiger partial charge on any atom is 0.337 e. The van der Waals surface area contributed by atoms with E-state index in [0.717, 1.165) is 5.69 Å². The summed E-state index contributed by atoms with van der Waals surface area (Å²) in [5.74, 6) is 0.254. The summed E-state index contributed by atoms with van der Waals surface area (Å²) < 4.78 is 17.7. The molecule has 1 aliphatic heterocycles. The third kappa shape index (κ3) is 3.32. The van der Waals surface area contributed by atoms with Gasteiger partial charge in [0.25, 0.3) is 0 Å². The number of rotatable bonds is 4. The van der Waals surface area contributed by atoms with Crippen LogP contribution in [0.2, 0.25) is 0 Å². The van der Waals surface area contributed by atoms with Crippen molar-refractivity contribution >= 4 is 17.8 Å². The van der Waals surface area contributed by atoms with E-state index in [1.54, 1.807) is 47.5 Å². The lowest BCUT2D eigenvalue weighted by atomic mass is 10.1. The first kappa shape index (κ1) is 18.6. The highest BCUT2D eigenvalue weighted by Gasteiger charge is 2.29. The van der Waals surface area contributed by atoms with E-state index in [4.69, 9.17) is 13.9 Å². The van der Waals surface area contributed by atoms with Crippen molar-refractivity contribution in [1.29, 1.82) is 0 Å². The van der Waals surface area contributed by atoms with Gasteiger partial charge in [0.2, 0.25) is 5.78 Å². The van der Waals surface area contributed by atoms with Crippen molar-refractivity contribution in [2.24, 2.45) is 0 Å². The Labute approximate surface area is 177 Å². The Morgan fingerprint density at radius 3 is 2.68 bits per heavy atom. The number of hydrogen-bond acceptors (Lipinski definition) is 6. The molecule has 7 nitrogen and oxygen atoms in total. The third-order valence-corrected chi connectivity index (χ3v) is 4.89. The number of esters is 1. The average Bonchev–Trinajstić information content (AvgIpc) is 3.54. The molecule has 0 radical (unpaired) electrons. The van der Waals surface area contributed by atoms with Gasteiger partial charge in [0.15, 0.2) is 11.5 Å². The van der Waals surface area contributed by atoms with E-state index in [-0.39, 0.29) is 17.1 Å². The van der Waals surface area contributed by atoms with E-state index in [9.17, 15) is 9.59 Å². The van der Waals surface area contributed by atoms with Gasteiger partial charge in [0.1, 0.15) is 11.4 Å². The molecule has 0 amide bonds. The van der Waals surface area contributed by atoms with Gasteiger partial charge in [-0.3, -0.25) is 4.79 Å². The molecule has 7 heteroatoms. The Morgan fingerprint density at radius 2 is 1.94 bits per heavy atom. The van der Waals surface area contributed by atoms with Crippen molar-refractivity contribution < 1.29 is 23.5 Å². The number of nitrogens with zero attached hydrogens (tertiary/aromatic N) is 2. The number of methoxy groups -OCH3 is 1. The van der Waals surface area contributed by atoms with E-state index >= 15 is 0 Å². The largest absolute Gasteiger partial charge is 0.465 e. The van der Waals surface area contributed by atoms with Gasteiger partial charge < -0.3 is 13.9 Å². The molecule has 0 unspecified atom stereocenters. The van der Waals surface area contributed by atoms with Crippen LogP contribution in [0, 0.1) is 0 Å². The van der Waals surface area contributed by atoms with Gasteiger partial charge in [-0.1, -0.05) is 18.2 Å². The van der Waals surface area contributed by atoms with Gasteiger partial charge in [-0.25, -0.2) is 9.48 Å². The zero-order valence-electron chi connectivity index (χ0n) is 16.4. The van der Waals surface area contributed by atoms with Gasteiger partial charge in [0, 0.05) is 11.8 Å². The SMILES string of the molecule is COC(=O)c1ccc2c(c1)C(=O)/C(=C\c1cn(-c3ccccc3)nc1-c1ccco1)O2. The van der Waals surface area contributed by atoms with Crippen LogP contribution in [0.5, 0.6) is 5.75 Å². The zero-order valence-corrected chi connectivity index (χ0v) is 16.4. The lowest BCUT2D eigenvalue weighted by Gasteiger charge is -2.00. The molecular weight excluding hydrogens is 396 g/mol. The molecule has 4 aromatic rings. The molecule has 5 rings (SSSR count). The van der Waals surface area contributed by atoms with E-state index in [1.807, 2.05) is 30.3 Å². The van der Waals surface area contributed by atoms with Crippen LogP contribution in [0.3, 0.4) is 0 Å². The minimum absolute atomic E-state index is 0.137. The van der Waals surface area contributed by atoms with Crippen molar-refractivity contribution in [3.8, 4) is 22.9 Å². The molecule has 0 spiro atoms. The van der Waals surface area contributed by atoms with Gasteiger partial charge in [0.05, 0.1) is 30.2 Å². The molecule has 0 bridgehead atoms. The number of aromatic nitrogens is 2. The monoisotopic (exact) mass is 412 g/mol. The third-order valence-electron chi connectivity index (χ3n) is 4.89. The maximum absolute atomic E-state index is 12.9. The summed E-state index contributed by atoms with van der Waals surface area (Å²) in [6, 6.07) is 17.8. The standard InChI is InChI=1S/C24H16N2O5/c1-29-24(28)15-9-10-19-18(12-15)23(27)21(31-19)13-16-14-26(17-6-3-2-4-7-17)25-22(16)20-8-5-11-30-20/h2-14H,1H3/b21-13+. The fraction of sp³-hybridized carbons (Fsp3) is 0.0417. The quantitative estimate of drug-likeness (QED) is 0.362. The maximum atomic E-state index is 12.9. The van der Waals surface area contributed by atoms with Crippen molar-refractivity contribution in [1.82, 2.24) is 9.78 Å². The molecular formula is C24H16N2O5. The van der Waals surface area contributed by atoms with Crippen LogP contribution in [-0.2, 0) is 4.74 Å². The Morgan fingerprint density at radius 1 is 1.10 bits per heavy atom. The van der Waals surface area contributed by atoms with Crippen LogP contribution >= 0.6 is 0 Å². The fourth-order valence-electron chi connectivity index (χ4n) is 3.39. The topological polar surface area (TPSA) is 83.6 Å². The van der Waals surface area contributed by atoms with Gasteiger partial charge in [-0.2, -0.15) is 5.10 Å². The molecule has 0 fully saturated rings. The normalized spacial score (nSPS) is 13.8. The summed E-state index contributed by atoms with van der Waals surface area (Å²) >= 11 is 0. The summed E-state index contributed by atoms with van der Waals surface area (Å²) in [7, 11) is 1.29. The van der Waals surface area contributed by atoms with E-state index in [0.29, 0.717) is 28.3 Å². The summed E-state index contributed by atoms with van der Waals surface area (Å²) in [4.78, 5) is 24.7. The molecule has 1 aliphatic rings. The molecule has 2 aromatic carbocycles. The molecule has 0 aliphatic carbocycles. The Hall–Kier alpha value is -4.39. The number of furan rings is 1. The average molecular weight is 412 g/mol. The second-order valence-corrected chi connectivity index (χ2v) is 6.83. The predicted molar refractivity (Wildman–Crippen MR) is 112 cm³/mol. The Bertz CT molecular complexity index is 1320. The van der Waals surface area contributed by atoms with Gasteiger partial charge in [-0.15, -0.1) is 0 Å². The fourth-order valence-corrected chi connectivity index (χ4v) is 3.39. The lowest BCUT2D eigenvalue weighted by Crippen LogP contribution is -2.03. The summed E-state index contributed by atoms with van der Waals surface area (Å²) in [5.41, 5.74) is 2.69. The second-order valence-electron chi connectivity index (χ2n) is 6.83. The Balaban J connectivity index is 1.56. The van der Waals surface area contributed by atoms with E-state index in [2.05, 4.69) is 5.10 Å². The van der Waals surface area contributed by atoms with Crippen molar-refractivity contribution in [3.05, 3.63) is 95.6 Å². The van der Waals surface area contributed by atoms with Crippen molar-refractivity contribution in [2.75, 3.05) is 7.11 Å². The highest BCUT2D eigenvalue weighted by Crippen LogP contribution is 2.34. The zero-order chi connectivity index (χ0) is 21.4. The molecule has 0 saturated heterocycles. The number of carbonyl (C=O) groups excluding carboxylic acids is 2. The molecule has 152 valence electrons. The number of hydrogen-bond donors (Lipinski definition) is 0. The van der Waals surface area contributed by atoms with Crippen LogP contribution in [0.25, 0.3) is 23.2 Å². The van der Waals surface area contributed by atoms with E-state index < -0.39 is 5.97 Å². The molecule has 31 heavy (non-hydrogen) atoms. The number of fused-ring (bicyclic) bond motifs is 1. The van der Waals surface area contributed by atoms with Crippen LogP contribution < -0.4 is 4.74 Å². The summed E-state index contributed by atoms with van der Waals surface area (Å²) in [6.07, 6.45) is 5.00. The van der Waals surface area contributed by atoms with E-state index in [1.165, 1.54) is 13.2 Å². The highest BCUT2D eigenvalue weighted by atomic mass is 16.5. The lowest BCUT2D eigenvalue weighted by molar-refractivity contribution is 0.0600. The van der Waals surface area contributed by atoms with Crippen LogP contribution in [0.1, 0.15) is 26.3 Å². The second kappa shape index (κ2) is 7.46. The van der Waals surface area contributed by atoms with Crippen molar-refractivity contribution in [3.63, 3.8) is 0 Å². The number of benzene rings is 2. The van der Waals surface area contributed by atoms with Crippen LogP contribution in [0.4, 0.5) is 0 Å². The van der Waals surface area contributed by atoms with Crippen LogP contribution in [-0.4, -0.2) is 28.6 Å². The molecule has 0 N–H and O–H groups in total. The van der Waals surface area contributed by atoms with Crippen LogP contribution in [0.15, 0.2) is 83.3 Å². The first-order chi connectivity index (χ1) is 15.1. The smallest absolute Gasteiger partial charge is 0.337 e. The summed E-state index contributed by atoms with van der Waals surface area (Å²) in [6.45, 7) is 0. The van der Waals surface area contributed by atoms with Gasteiger partial charge >= 0.3 is 5.97 Å². The number of allylic oxidation sites excluding steroid dienone is 1. The van der Waals surface area contributed by atoms with Crippen molar-refractivity contribution in [2.45, 2.75) is 0 Å². The predicted octanol–water partition coefficient (Wildman–Crippen LogP) is 4.54. The number of carbonyl (C=O) groups is 2. The minimum atomic E-state index is -0.516. The molecule has 0 atom stereocenters. The minimum Gasteiger partial charge on any atom is -0.465 e. The highest BCUT2D eigenvalue weighted by molar-refractivity contribution is 6.15. The number of ketones is 1. The first-order valence-electron chi connectivity index (χ1n) is 9.49. The van der Waals surface area contributed by atoms with Gasteiger partial charge in [-0.05, 0) is 48.5 Å².